The fourth-order valence-electron chi connectivity index (χ4n) is 3.52. The molecule has 3 amide bonds. The molecule has 3 N–H and O–H groups in total. The number of carbonyl (C=O) groups is 4. The Morgan fingerprint density at radius 3 is 2.52 bits per heavy atom. The molecule has 0 saturated carbocycles. The van der Waals surface area contributed by atoms with Crippen LogP contribution in [0.5, 0.6) is 0 Å². The van der Waals surface area contributed by atoms with Crippen molar-refractivity contribution in [3.8, 4) is 6.07 Å². The number of aliphatic carboxylic acids is 1. The molecule has 0 unspecified atom stereocenters. The summed E-state index contributed by atoms with van der Waals surface area (Å²) in [5.74, 6) is -2.44. The number of rotatable bonds is 6. The van der Waals surface area contributed by atoms with Crippen LogP contribution in [-0.2, 0) is 14.4 Å². The molecular weight excluding hydrogens is 400 g/mol. The predicted octanol–water partition coefficient (Wildman–Crippen LogP) is 1.69. The largest absolute Gasteiger partial charge is 0.481 e. The van der Waals surface area contributed by atoms with Crippen LogP contribution in [0.3, 0.4) is 0 Å². The van der Waals surface area contributed by atoms with Crippen molar-refractivity contribution in [2.45, 2.75) is 26.2 Å². The van der Waals surface area contributed by atoms with E-state index in [2.05, 4.69) is 16.8 Å². The van der Waals surface area contributed by atoms with Crippen molar-refractivity contribution in [2.24, 2.45) is 10.8 Å². The maximum Gasteiger partial charge on any atom is 0.303 e. The number of para-hydroxylation sites is 1. The fourth-order valence-corrected chi connectivity index (χ4v) is 3.52. The smallest absolute Gasteiger partial charge is 0.303 e. The van der Waals surface area contributed by atoms with Crippen molar-refractivity contribution in [3.63, 3.8) is 0 Å². The van der Waals surface area contributed by atoms with Crippen molar-refractivity contribution >= 4 is 29.4 Å². The highest BCUT2D eigenvalue weighted by molar-refractivity contribution is 6.10. The number of benzene rings is 1. The second-order valence-corrected chi connectivity index (χ2v) is 7.48. The molecule has 0 bridgehead atoms. The van der Waals surface area contributed by atoms with Crippen molar-refractivity contribution in [3.05, 3.63) is 54.1 Å². The van der Waals surface area contributed by atoms with E-state index in [0.29, 0.717) is 6.42 Å². The van der Waals surface area contributed by atoms with E-state index >= 15 is 0 Å². The fraction of sp³-hybridized carbons (Fsp3) is 0.318. The number of hydrogen-bond acceptors (Lipinski definition) is 5. The third-order valence-corrected chi connectivity index (χ3v) is 5.58. The summed E-state index contributed by atoms with van der Waals surface area (Å²) in [6.07, 6.45) is 6.47. The summed E-state index contributed by atoms with van der Waals surface area (Å²) >= 11 is 0. The molecule has 1 aliphatic heterocycles. The zero-order valence-corrected chi connectivity index (χ0v) is 16.9. The Kier molecular flexibility index (Phi) is 5.92. The zero-order valence-electron chi connectivity index (χ0n) is 16.9. The van der Waals surface area contributed by atoms with Gasteiger partial charge in [0.2, 0.25) is 0 Å². The highest BCUT2D eigenvalue weighted by Gasteiger charge is 2.40. The molecular formula is C22H22N4O5. The number of nitrogens with one attached hydrogen (secondary N) is 2. The highest BCUT2D eigenvalue weighted by atomic mass is 16.4. The minimum absolute atomic E-state index is 0.0824. The van der Waals surface area contributed by atoms with Gasteiger partial charge in [-0.2, -0.15) is 5.26 Å². The number of anilines is 1. The summed E-state index contributed by atoms with van der Waals surface area (Å²) in [5.41, 5.74) is 0.885. The number of fused-ring (bicyclic) bond motifs is 1. The number of nitriles is 1. The van der Waals surface area contributed by atoms with Crippen LogP contribution < -0.4 is 15.8 Å². The summed E-state index contributed by atoms with van der Waals surface area (Å²) in [5, 5.41) is 22.1. The van der Waals surface area contributed by atoms with E-state index in [1.54, 1.807) is 55.5 Å². The van der Waals surface area contributed by atoms with Gasteiger partial charge >= 0.3 is 5.97 Å². The van der Waals surface area contributed by atoms with Crippen LogP contribution in [0.15, 0.2) is 48.6 Å². The van der Waals surface area contributed by atoms with E-state index in [1.165, 1.54) is 0 Å². The molecule has 0 atom stereocenters. The number of amides is 3. The molecule has 1 heterocycles. The Balaban J connectivity index is 1.88. The summed E-state index contributed by atoms with van der Waals surface area (Å²) < 4.78 is 0. The summed E-state index contributed by atoms with van der Waals surface area (Å²) in [7, 11) is 0. The molecule has 1 aromatic rings. The lowest BCUT2D eigenvalue weighted by Gasteiger charge is -2.34. The van der Waals surface area contributed by atoms with Gasteiger partial charge in [-0.1, -0.05) is 43.4 Å². The Hall–Kier alpha value is -3.93. The van der Waals surface area contributed by atoms with Crippen LogP contribution in [0, 0.1) is 22.2 Å². The third kappa shape index (κ3) is 4.19. The normalized spacial score (nSPS) is 24.6. The van der Waals surface area contributed by atoms with Gasteiger partial charge in [0.15, 0.2) is 0 Å². The van der Waals surface area contributed by atoms with Crippen molar-refractivity contribution in [1.29, 1.82) is 5.26 Å². The van der Waals surface area contributed by atoms with Gasteiger partial charge in [-0.3, -0.25) is 24.6 Å². The number of hydrazine groups is 1. The van der Waals surface area contributed by atoms with E-state index < -0.39 is 34.5 Å². The molecule has 3 rings (SSSR count). The summed E-state index contributed by atoms with van der Waals surface area (Å²) in [6.45, 7) is 1.51. The van der Waals surface area contributed by atoms with Gasteiger partial charge in [0.05, 0.1) is 34.7 Å². The molecule has 0 spiro atoms. The average Bonchev–Trinajstić information content (AvgIpc) is 2.90. The molecule has 1 aliphatic carbocycles. The monoisotopic (exact) mass is 422 g/mol. The Labute approximate surface area is 179 Å². The lowest BCUT2D eigenvalue weighted by molar-refractivity contribution is -0.137. The second kappa shape index (κ2) is 8.44. The van der Waals surface area contributed by atoms with Crippen molar-refractivity contribution in [2.75, 3.05) is 11.6 Å². The molecule has 0 aromatic heterocycles. The number of hydrogen-bond donors (Lipinski definition) is 3. The van der Waals surface area contributed by atoms with Gasteiger partial charge in [0.25, 0.3) is 17.7 Å². The van der Waals surface area contributed by atoms with Crippen LogP contribution in [0.25, 0.3) is 0 Å². The van der Waals surface area contributed by atoms with Crippen LogP contribution in [0.4, 0.5) is 5.69 Å². The first-order valence-electron chi connectivity index (χ1n) is 9.81. The SMILES string of the molecule is CCC1(C(=O)NN2C(=O)CNC(=O)c3ccccc32)C=CC(C#N)(CCC(=O)O)C=C1. The molecule has 0 fully saturated rings. The first kappa shape index (κ1) is 21.8. The quantitative estimate of drug-likeness (QED) is 0.596. The topological polar surface area (TPSA) is 140 Å². The second-order valence-electron chi connectivity index (χ2n) is 7.48. The van der Waals surface area contributed by atoms with Crippen LogP contribution in [0.1, 0.15) is 36.5 Å². The third-order valence-electron chi connectivity index (χ3n) is 5.58. The van der Waals surface area contributed by atoms with Gasteiger partial charge in [-0.25, -0.2) is 5.01 Å². The van der Waals surface area contributed by atoms with Gasteiger partial charge in [0, 0.05) is 6.42 Å². The van der Waals surface area contributed by atoms with E-state index in [1.807, 2.05) is 0 Å². The van der Waals surface area contributed by atoms with E-state index in [0.717, 1.165) is 5.01 Å². The number of carboxylic acids is 1. The highest BCUT2D eigenvalue weighted by Crippen LogP contribution is 2.39. The van der Waals surface area contributed by atoms with E-state index in [4.69, 9.17) is 5.11 Å². The maximum absolute atomic E-state index is 13.2. The minimum atomic E-state index is -1.14. The molecule has 1 aromatic carbocycles. The lowest BCUT2D eigenvalue weighted by atomic mass is 9.72. The molecule has 160 valence electrons. The molecule has 2 aliphatic rings. The molecule has 9 nitrogen and oxygen atoms in total. The summed E-state index contributed by atoms with van der Waals surface area (Å²) in [4.78, 5) is 49.0. The molecule has 31 heavy (non-hydrogen) atoms. The average molecular weight is 422 g/mol. The Morgan fingerprint density at radius 2 is 1.90 bits per heavy atom. The lowest BCUT2D eigenvalue weighted by Crippen LogP contribution is -2.53. The van der Waals surface area contributed by atoms with Crippen LogP contribution >= 0.6 is 0 Å². The van der Waals surface area contributed by atoms with Gasteiger partial charge in [0.1, 0.15) is 0 Å². The maximum atomic E-state index is 13.2. The minimum Gasteiger partial charge on any atom is -0.481 e. The van der Waals surface area contributed by atoms with Crippen LogP contribution in [0.2, 0.25) is 0 Å². The molecule has 0 saturated heterocycles. The first-order valence-corrected chi connectivity index (χ1v) is 9.81. The first-order chi connectivity index (χ1) is 14.8. The van der Waals surface area contributed by atoms with Crippen LogP contribution in [-0.4, -0.2) is 35.3 Å². The molecule has 9 heteroatoms. The van der Waals surface area contributed by atoms with Crippen molar-refractivity contribution in [1.82, 2.24) is 10.7 Å². The summed E-state index contributed by atoms with van der Waals surface area (Å²) in [6, 6.07) is 8.55. The standard InChI is InChI=1S/C22H22N4O5/c1-2-22(11-9-21(14-23,10-12-22)8-7-18(28)29)20(31)25-26-16-6-4-3-5-15(16)19(30)24-13-17(26)27/h3-6,9-12H,2,7-8,13H2,1H3,(H,24,30)(H,25,31)(H,28,29). The molecule has 0 radical (unpaired) electrons. The predicted molar refractivity (Wildman–Crippen MR) is 110 cm³/mol. The van der Waals surface area contributed by atoms with Gasteiger partial charge in [-0.05, 0) is 25.0 Å². The van der Waals surface area contributed by atoms with Crippen molar-refractivity contribution < 1.29 is 24.3 Å². The number of carbonyl (C=O) groups excluding carboxylic acids is 3. The van der Waals surface area contributed by atoms with Gasteiger partial charge in [-0.15, -0.1) is 0 Å². The Morgan fingerprint density at radius 1 is 1.23 bits per heavy atom. The zero-order chi connectivity index (χ0) is 22.6. The van der Waals surface area contributed by atoms with Gasteiger partial charge < -0.3 is 10.4 Å². The van der Waals surface area contributed by atoms with E-state index in [-0.39, 0.29) is 30.6 Å². The number of nitrogens with zero attached hydrogens (tertiary/aromatic N) is 2. The number of allylic oxidation sites excluding steroid dienone is 2. The number of carboxylic acid groups (broad SMARTS) is 1. The Bertz CT molecular complexity index is 1020. The van der Waals surface area contributed by atoms with E-state index in [9.17, 15) is 24.4 Å².